The summed E-state index contributed by atoms with van der Waals surface area (Å²) in [5.74, 6) is -0.470. The van der Waals surface area contributed by atoms with Crippen molar-refractivity contribution in [3.05, 3.63) is 0 Å². The molecule has 0 rings (SSSR count). The zero-order valence-corrected chi connectivity index (χ0v) is 6.60. The van der Waals surface area contributed by atoms with Gasteiger partial charge in [-0.2, -0.15) is 0 Å². The number of aliphatic carboxylic acids is 1. The van der Waals surface area contributed by atoms with Gasteiger partial charge in [0.25, 0.3) is 0 Å². The van der Waals surface area contributed by atoms with Crippen LogP contribution in [0.1, 0.15) is 6.92 Å². The van der Waals surface area contributed by atoms with Crippen LogP contribution in [-0.2, 0) is 4.79 Å². The summed E-state index contributed by atoms with van der Waals surface area (Å²) in [6.07, 6.45) is 0. The van der Waals surface area contributed by atoms with Crippen molar-refractivity contribution in [3.8, 4) is 0 Å². The molecule has 0 saturated heterocycles. The molecule has 1 unspecified atom stereocenters. The van der Waals surface area contributed by atoms with Gasteiger partial charge in [-0.3, -0.25) is 9.93 Å². The first-order valence-corrected chi connectivity index (χ1v) is 3.94. The highest BCUT2D eigenvalue weighted by Crippen LogP contribution is 2.05. The molecule has 0 radical (unpaired) electrons. The molecule has 0 aromatic carbocycles. The van der Waals surface area contributed by atoms with Gasteiger partial charge in [-0.25, -0.2) is 0 Å². The van der Waals surface area contributed by atoms with Crippen molar-refractivity contribution in [2.45, 2.75) is 13.0 Å². The van der Waals surface area contributed by atoms with Crippen LogP contribution in [0.15, 0.2) is 0 Å². The minimum absolute atomic E-state index is 0.0764. The quantitative estimate of drug-likeness (QED) is 0.494. The maximum Gasteiger partial charge on any atom is 0.320 e. The molecule has 60 valence electrons. The van der Waals surface area contributed by atoms with Gasteiger partial charge in [-0.1, -0.05) is 18.9 Å². The molecule has 0 aromatic rings. The van der Waals surface area contributed by atoms with Gasteiger partial charge in [0.05, 0.1) is 0 Å². The van der Waals surface area contributed by atoms with E-state index in [1.54, 1.807) is 6.92 Å². The first-order chi connectivity index (χ1) is 4.59. The molecule has 0 spiro atoms. The standard InChI is InChI=1S/C5H12N2O2S/c1-3(2-10-7)4(6)5(8)9/h3-4H,2,6-7H2,1H3,(H,8,9)/t3?,4-/m0/s1. The molecular weight excluding hydrogens is 152 g/mol. The second kappa shape index (κ2) is 4.54. The van der Waals surface area contributed by atoms with Crippen molar-refractivity contribution < 1.29 is 9.90 Å². The van der Waals surface area contributed by atoms with Crippen molar-refractivity contribution in [2.75, 3.05) is 5.75 Å². The van der Waals surface area contributed by atoms with E-state index in [2.05, 4.69) is 0 Å². The van der Waals surface area contributed by atoms with Gasteiger partial charge >= 0.3 is 5.97 Å². The van der Waals surface area contributed by atoms with Gasteiger partial charge in [-0.15, -0.1) is 0 Å². The lowest BCUT2D eigenvalue weighted by Crippen LogP contribution is -2.37. The summed E-state index contributed by atoms with van der Waals surface area (Å²) in [6.45, 7) is 1.76. The molecule has 0 aliphatic rings. The molecule has 5 heteroatoms. The molecule has 0 aromatic heterocycles. The molecule has 0 bridgehead atoms. The fraction of sp³-hybridized carbons (Fsp3) is 0.800. The topological polar surface area (TPSA) is 89.3 Å². The largest absolute Gasteiger partial charge is 0.480 e. The SMILES string of the molecule is CC(CSN)[C@H](N)C(=O)O. The second-order valence-electron chi connectivity index (χ2n) is 2.17. The summed E-state index contributed by atoms with van der Waals surface area (Å²) < 4.78 is 0. The third kappa shape index (κ3) is 3.05. The molecule has 0 heterocycles. The van der Waals surface area contributed by atoms with Gasteiger partial charge in [-0.05, 0) is 5.92 Å². The molecule has 0 aliphatic carbocycles. The van der Waals surface area contributed by atoms with Crippen LogP contribution in [0.25, 0.3) is 0 Å². The fourth-order valence-electron chi connectivity index (χ4n) is 0.499. The van der Waals surface area contributed by atoms with Crippen molar-refractivity contribution in [2.24, 2.45) is 16.8 Å². The van der Waals surface area contributed by atoms with Crippen molar-refractivity contribution in [3.63, 3.8) is 0 Å². The molecule has 4 nitrogen and oxygen atoms in total. The maximum absolute atomic E-state index is 10.2. The number of carbonyl (C=O) groups is 1. The van der Waals surface area contributed by atoms with Crippen molar-refractivity contribution >= 4 is 17.9 Å². The molecule has 0 aliphatic heterocycles. The van der Waals surface area contributed by atoms with Gasteiger partial charge in [0, 0.05) is 5.75 Å². The van der Waals surface area contributed by atoms with Crippen LogP contribution < -0.4 is 10.9 Å². The average molecular weight is 164 g/mol. The molecule has 0 amide bonds. The molecule has 5 N–H and O–H groups in total. The average Bonchev–Trinajstić information content (AvgIpc) is 1.87. The van der Waals surface area contributed by atoms with Crippen LogP contribution in [0.2, 0.25) is 0 Å². The van der Waals surface area contributed by atoms with E-state index in [4.69, 9.17) is 16.0 Å². The Morgan fingerprint density at radius 1 is 1.80 bits per heavy atom. The van der Waals surface area contributed by atoms with E-state index < -0.39 is 12.0 Å². The highest BCUT2D eigenvalue weighted by Gasteiger charge is 2.18. The third-order valence-corrected chi connectivity index (χ3v) is 1.98. The Bertz CT molecular complexity index is 120. The predicted octanol–water partition coefficient (Wildman–Crippen LogP) is -0.359. The van der Waals surface area contributed by atoms with Crippen LogP contribution >= 0.6 is 11.9 Å². The second-order valence-corrected chi connectivity index (χ2v) is 2.84. The van der Waals surface area contributed by atoms with Gasteiger partial charge < -0.3 is 10.8 Å². The minimum atomic E-state index is -0.971. The zero-order valence-electron chi connectivity index (χ0n) is 5.78. The van der Waals surface area contributed by atoms with Crippen LogP contribution in [0, 0.1) is 5.92 Å². The smallest absolute Gasteiger partial charge is 0.320 e. The molecule has 2 atom stereocenters. The lowest BCUT2D eigenvalue weighted by Gasteiger charge is -2.13. The zero-order chi connectivity index (χ0) is 8.15. The summed E-state index contributed by atoms with van der Waals surface area (Å²) in [6, 6.07) is -0.795. The Kier molecular flexibility index (Phi) is 4.42. The fourth-order valence-corrected chi connectivity index (χ4v) is 1.01. The lowest BCUT2D eigenvalue weighted by atomic mass is 10.1. The first-order valence-electron chi connectivity index (χ1n) is 2.89. The van der Waals surface area contributed by atoms with Crippen molar-refractivity contribution in [1.29, 1.82) is 0 Å². The Hall–Kier alpha value is -0.260. The minimum Gasteiger partial charge on any atom is -0.480 e. The van der Waals surface area contributed by atoms with E-state index in [0.717, 1.165) is 11.9 Å². The van der Waals surface area contributed by atoms with Crippen LogP contribution in [0.4, 0.5) is 0 Å². The number of rotatable bonds is 4. The van der Waals surface area contributed by atoms with Crippen LogP contribution in [0.3, 0.4) is 0 Å². The Balaban J connectivity index is 3.69. The van der Waals surface area contributed by atoms with E-state index in [9.17, 15) is 4.79 Å². The van der Waals surface area contributed by atoms with E-state index in [-0.39, 0.29) is 5.92 Å². The summed E-state index contributed by atoms with van der Waals surface area (Å²) in [4.78, 5) is 10.2. The Labute approximate surface area is 64.1 Å². The molecular formula is C5H12N2O2S. The van der Waals surface area contributed by atoms with Crippen molar-refractivity contribution in [1.82, 2.24) is 0 Å². The number of nitrogens with two attached hydrogens (primary N) is 2. The van der Waals surface area contributed by atoms with E-state index in [1.807, 2.05) is 0 Å². The van der Waals surface area contributed by atoms with E-state index >= 15 is 0 Å². The molecule has 0 saturated carbocycles. The highest BCUT2D eigenvalue weighted by molar-refractivity contribution is 7.97. The normalized spacial score (nSPS) is 16.3. The van der Waals surface area contributed by atoms with Gasteiger partial charge in [0.15, 0.2) is 0 Å². The summed E-state index contributed by atoms with van der Waals surface area (Å²) in [5, 5.41) is 13.5. The number of hydrogen-bond acceptors (Lipinski definition) is 4. The molecule has 0 fully saturated rings. The third-order valence-electron chi connectivity index (χ3n) is 1.26. The maximum atomic E-state index is 10.2. The molecule has 10 heavy (non-hydrogen) atoms. The summed E-state index contributed by atoms with van der Waals surface area (Å²) >= 11 is 1.11. The van der Waals surface area contributed by atoms with E-state index in [1.165, 1.54) is 0 Å². The summed E-state index contributed by atoms with van der Waals surface area (Å²) in [7, 11) is 0. The Morgan fingerprint density at radius 2 is 2.30 bits per heavy atom. The van der Waals surface area contributed by atoms with Gasteiger partial charge in [0.2, 0.25) is 0 Å². The number of carboxylic acid groups (broad SMARTS) is 1. The van der Waals surface area contributed by atoms with Crippen LogP contribution in [-0.4, -0.2) is 22.9 Å². The number of hydrogen-bond donors (Lipinski definition) is 3. The first kappa shape index (κ1) is 9.74. The van der Waals surface area contributed by atoms with Gasteiger partial charge in [0.1, 0.15) is 6.04 Å². The van der Waals surface area contributed by atoms with E-state index in [0.29, 0.717) is 5.75 Å². The summed E-state index contributed by atoms with van der Waals surface area (Å²) in [5.41, 5.74) is 5.28. The highest BCUT2D eigenvalue weighted by atomic mass is 32.2. The number of carboxylic acids is 1. The monoisotopic (exact) mass is 164 g/mol. The Morgan fingerprint density at radius 3 is 2.60 bits per heavy atom. The predicted molar refractivity (Wildman–Crippen MR) is 41.4 cm³/mol. The lowest BCUT2D eigenvalue weighted by molar-refractivity contribution is -0.139. The van der Waals surface area contributed by atoms with Crippen LogP contribution in [0.5, 0.6) is 0 Å².